The van der Waals surface area contributed by atoms with E-state index in [1.165, 1.54) is 25.2 Å². The molecule has 4 rings (SSSR count). The van der Waals surface area contributed by atoms with Crippen molar-refractivity contribution in [2.45, 2.75) is 52.4 Å². The summed E-state index contributed by atoms with van der Waals surface area (Å²) in [5.74, 6) is 0.761. The maximum absolute atomic E-state index is 12.5. The van der Waals surface area contributed by atoms with E-state index >= 15 is 0 Å². The van der Waals surface area contributed by atoms with Crippen molar-refractivity contribution in [3.05, 3.63) is 80.3 Å². The molecule has 0 spiro atoms. The fraction of sp³-hybridized carbons (Fsp3) is 0.286. The van der Waals surface area contributed by atoms with E-state index in [1.54, 1.807) is 30.3 Å². The minimum absolute atomic E-state index is 0.0657. The molecule has 0 atom stereocenters. The molecular formula is C28H28Cl2N2O5S2. The van der Waals surface area contributed by atoms with Gasteiger partial charge in [0, 0.05) is 16.4 Å². The molecule has 0 saturated carbocycles. The third-order valence-corrected chi connectivity index (χ3v) is 9.53. The Bertz CT molecular complexity index is 1600. The predicted octanol–water partition coefficient (Wildman–Crippen LogP) is 7.86. The van der Waals surface area contributed by atoms with Crippen LogP contribution in [-0.2, 0) is 16.6 Å². The van der Waals surface area contributed by atoms with Crippen LogP contribution in [0.4, 0.5) is 0 Å². The standard InChI is InChI=1S/C28H28Cl2N2O5S2/c1-15(2)27-20(26(31-37-27)25-21(29)7-6-8-22(25)30)14-36-18-9-10-19(17(5)13-18)23-11-12-24(38-23)28(33)32-39(34,35)16(3)4/h6-13,15-16H,14H2,1-5H3,(H,32,33). The van der Waals surface area contributed by atoms with E-state index in [-0.39, 0.29) is 12.5 Å². The molecule has 0 bridgehead atoms. The number of carbonyl (C=O) groups excluding carboxylic acids is 1. The number of carbonyl (C=O) groups is 1. The fourth-order valence-corrected chi connectivity index (χ4v) is 6.13. The van der Waals surface area contributed by atoms with E-state index in [4.69, 9.17) is 32.5 Å². The molecule has 2 heterocycles. The van der Waals surface area contributed by atoms with Gasteiger partial charge in [0.05, 0.1) is 25.7 Å². The second-order valence-corrected chi connectivity index (χ2v) is 13.7. The summed E-state index contributed by atoms with van der Waals surface area (Å²) in [7, 11) is -3.71. The van der Waals surface area contributed by atoms with Crippen LogP contribution in [0.2, 0.25) is 10.0 Å². The van der Waals surface area contributed by atoms with Gasteiger partial charge in [-0.15, -0.1) is 11.3 Å². The summed E-state index contributed by atoms with van der Waals surface area (Å²) in [5, 5.41) is 4.50. The van der Waals surface area contributed by atoms with Gasteiger partial charge >= 0.3 is 0 Å². The summed E-state index contributed by atoms with van der Waals surface area (Å²) >= 11 is 14.1. The number of hydrogen-bond donors (Lipinski definition) is 1. The van der Waals surface area contributed by atoms with E-state index in [9.17, 15) is 13.2 Å². The van der Waals surface area contributed by atoms with Crippen LogP contribution in [0.25, 0.3) is 21.7 Å². The molecule has 7 nitrogen and oxygen atoms in total. The summed E-state index contributed by atoms with van der Waals surface area (Å²) in [5.41, 5.74) is 3.76. The summed E-state index contributed by atoms with van der Waals surface area (Å²) in [6.07, 6.45) is 0. The Morgan fingerprint density at radius 2 is 1.77 bits per heavy atom. The summed E-state index contributed by atoms with van der Waals surface area (Å²) in [6.45, 7) is 9.19. The Labute approximate surface area is 242 Å². The van der Waals surface area contributed by atoms with Crippen LogP contribution >= 0.6 is 34.5 Å². The molecular weight excluding hydrogens is 579 g/mol. The monoisotopic (exact) mass is 606 g/mol. The Hall–Kier alpha value is -2.85. The lowest BCUT2D eigenvalue weighted by Crippen LogP contribution is -2.35. The number of sulfonamides is 1. The maximum atomic E-state index is 12.5. The zero-order chi connectivity index (χ0) is 28.5. The highest BCUT2D eigenvalue weighted by atomic mass is 35.5. The van der Waals surface area contributed by atoms with Gasteiger partial charge in [-0.3, -0.25) is 4.79 Å². The lowest BCUT2D eigenvalue weighted by atomic mass is 10.0. The van der Waals surface area contributed by atoms with Gasteiger partial charge in [-0.2, -0.15) is 0 Å². The Morgan fingerprint density at radius 1 is 1.08 bits per heavy atom. The van der Waals surface area contributed by atoms with Crippen molar-refractivity contribution in [3.63, 3.8) is 0 Å². The van der Waals surface area contributed by atoms with Crippen LogP contribution in [0.3, 0.4) is 0 Å². The number of ether oxygens (including phenoxy) is 1. The van der Waals surface area contributed by atoms with E-state index < -0.39 is 21.2 Å². The molecule has 2 aromatic carbocycles. The number of halogens is 2. The smallest absolute Gasteiger partial charge is 0.274 e. The van der Waals surface area contributed by atoms with Gasteiger partial charge in [-0.1, -0.05) is 48.3 Å². The molecule has 0 unspecified atom stereocenters. The Kier molecular flexibility index (Phi) is 8.75. The van der Waals surface area contributed by atoms with E-state index in [0.29, 0.717) is 37.7 Å². The van der Waals surface area contributed by atoms with Crippen molar-refractivity contribution in [1.29, 1.82) is 0 Å². The molecule has 0 fully saturated rings. The van der Waals surface area contributed by atoms with Crippen molar-refractivity contribution in [3.8, 4) is 27.4 Å². The lowest BCUT2D eigenvalue weighted by molar-refractivity contribution is 0.0985. The molecule has 4 aromatic rings. The molecule has 0 aliphatic rings. The number of amides is 1. The van der Waals surface area contributed by atoms with Gasteiger partial charge in [-0.05, 0) is 74.4 Å². The first kappa shape index (κ1) is 29.1. The largest absolute Gasteiger partial charge is 0.489 e. The highest BCUT2D eigenvalue weighted by Crippen LogP contribution is 2.39. The highest BCUT2D eigenvalue weighted by Gasteiger charge is 2.24. The zero-order valence-corrected chi connectivity index (χ0v) is 25.2. The van der Waals surface area contributed by atoms with Gasteiger partial charge in [0.25, 0.3) is 5.91 Å². The average Bonchev–Trinajstić information content (AvgIpc) is 3.50. The van der Waals surface area contributed by atoms with Gasteiger partial charge in [0.1, 0.15) is 23.8 Å². The number of rotatable bonds is 9. The summed E-state index contributed by atoms with van der Waals surface area (Å²) in [4.78, 5) is 13.6. The zero-order valence-electron chi connectivity index (χ0n) is 22.0. The third-order valence-electron chi connectivity index (χ3n) is 6.07. The van der Waals surface area contributed by atoms with Gasteiger partial charge in [-0.25, -0.2) is 13.1 Å². The normalized spacial score (nSPS) is 11.8. The van der Waals surface area contributed by atoms with Crippen molar-refractivity contribution in [2.24, 2.45) is 0 Å². The number of aryl methyl sites for hydroxylation is 1. The van der Waals surface area contributed by atoms with Crippen LogP contribution in [-0.4, -0.2) is 24.7 Å². The van der Waals surface area contributed by atoms with E-state index in [0.717, 1.165) is 21.6 Å². The molecule has 0 aliphatic heterocycles. The number of thiophene rings is 1. The molecule has 1 amide bonds. The number of nitrogens with zero attached hydrogens (tertiary/aromatic N) is 1. The summed E-state index contributed by atoms with van der Waals surface area (Å²) < 4.78 is 38.1. The van der Waals surface area contributed by atoms with Crippen LogP contribution < -0.4 is 9.46 Å². The first-order valence-corrected chi connectivity index (χ1v) is 15.3. The second-order valence-electron chi connectivity index (χ2n) is 9.58. The first-order valence-electron chi connectivity index (χ1n) is 12.2. The maximum Gasteiger partial charge on any atom is 0.274 e. The summed E-state index contributed by atoms with van der Waals surface area (Å²) in [6, 6.07) is 14.4. The topological polar surface area (TPSA) is 98.5 Å². The number of benzene rings is 2. The minimum atomic E-state index is -3.71. The number of nitrogens with one attached hydrogen (secondary N) is 1. The Morgan fingerprint density at radius 3 is 2.38 bits per heavy atom. The molecule has 1 N–H and O–H groups in total. The van der Waals surface area contributed by atoms with Gasteiger partial charge in [0.15, 0.2) is 0 Å². The molecule has 0 radical (unpaired) electrons. The molecule has 0 aliphatic carbocycles. The highest BCUT2D eigenvalue weighted by molar-refractivity contribution is 7.90. The molecule has 206 valence electrons. The van der Waals surface area contributed by atoms with E-state index in [2.05, 4.69) is 9.88 Å². The van der Waals surface area contributed by atoms with Gasteiger partial charge in [0.2, 0.25) is 10.0 Å². The van der Waals surface area contributed by atoms with Crippen molar-refractivity contribution < 1.29 is 22.5 Å². The average molecular weight is 608 g/mol. The van der Waals surface area contributed by atoms with Crippen LogP contribution in [0.1, 0.15) is 60.2 Å². The van der Waals surface area contributed by atoms with Crippen LogP contribution in [0, 0.1) is 6.92 Å². The number of aromatic nitrogens is 1. The SMILES string of the molecule is Cc1cc(OCc2c(-c3c(Cl)cccc3Cl)noc2C(C)C)ccc1-c1ccc(C(=O)NS(=O)(=O)C(C)C)s1. The second kappa shape index (κ2) is 11.7. The molecule has 39 heavy (non-hydrogen) atoms. The number of hydrogen-bond acceptors (Lipinski definition) is 7. The quantitative estimate of drug-likeness (QED) is 0.208. The molecule has 11 heteroatoms. The van der Waals surface area contributed by atoms with Crippen molar-refractivity contribution in [1.82, 2.24) is 9.88 Å². The first-order chi connectivity index (χ1) is 18.4. The fourth-order valence-electron chi connectivity index (χ4n) is 3.90. The molecule has 2 aromatic heterocycles. The van der Waals surface area contributed by atoms with Crippen molar-refractivity contribution >= 4 is 50.5 Å². The lowest BCUT2D eigenvalue weighted by Gasteiger charge is -2.12. The van der Waals surface area contributed by atoms with Crippen molar-refractivity contribution in [2.75, 3.05) is 0 Å². The Balaban J connectivity index is 1.55. The van der Waals surface area contributed by atoms with Crippen LogP contribution in [0.5, 0.6) is 5.75 Å². The molecule has 0 saturated heterocycles. The van der Waals surface area contributed by atoms with Crippen LogP contribution in [0.15, 0.2) is 53.1 Å². The van der Waals surface area contributed by atoms with Gasteiger partial charge < -0.3 is 9.26 Å². The van der Waals surface area contributed by atoms with E-state index in [1.807, 2.05) is 39.0 Å². The predicted molar refractivity (Wildman–Crippen MR) is 156 cm³/mol. The minimum Gasteiger partial charge on any atom is -0.489 e. The third kappa shape index (κ3) is 6.32.